The average molecular weight is 366 g/mol. The van der Waals surface area contributed by atoms with Crippen LogP contribution in [0.15, 0.2) is 91.0 Å². The Morgan fingerprint density at radius 3 is 1.81 bits per heavy atom. The van der Waals surface area contributed by atoms with Gasteiger partial charge in [-0.1, -0.05) is 84.4 Å². The van der Waals surface area contributed by atoms with Crippen LogP contribution in [0, 0.1) is 0 Å². The minimum atomic E-state index is -0.324. The number of fused-ring (bicyclic) bond motifs is 9. The fourth-order valence-electron chi connectivity index (χ4n) is 4.97. The van der Waals surface area contributed by atoms with Crippen molar-refractivity contribution in [2.45, 2.75) is 5.41 Å². The predicted octanol–water partition coefficient (Wildman–Crippen LogP) is 6.76. The molecule has 2 heteroatoms. The molecule has 0 fully saturated rings. The molecule has 0 atom stereocenters. The van der Waals surface area contributed by atoms with Gasteiger partial charge in [0.2, 0.25) is 0 Å². The predicted molar refractivity (Wildman–Crippen MR) is 112 cm³/mol. The fourth-order valence-corrected chi connectivity index (χ4v) is 5.14. The third-order valence-corrected chi connectivity index (χ3v) is 6.17. The monoisotopic (exact) mass is 365 g/mol. The summed E-state index contributed by atoms with van der Waals surface area (Å²) in [6.07, 6.45) is 0. The van der Waals surface area contributed by atoms with Crippen LogP contribution in [0.25, 0.3) is 11.1 Å². The van der Waals surface area contributed by atoms with Crippen molar-refractivity contribution in [1.29, 1.82) is 0 Å². The first-order valence-corrected chi connectivity index (χ1v) is 9.54. The van der Waals surface area contributed by atoms with E-state index in [0.717, 1.165) is 16.4 Å². The first kappa shape index (κ1) is 15.1. The summed E-state index contributed by atoms with van der Waals surface area (Å²) in [7, 11) is 0. The summed E-state index contributed by atoms with van der Waals surface area (Å²) >= 11 is 6.36. The lowest BCUT2D eigenvalue weighted by atomic mass is 9.65. The van der Waals surface area contributed by atoms with E-state index in [2.05, 4.69) is 84.2 Å². The van der Waals surface area contributed by atoms with Crippen LogP contribution < -0.4 is 5.32 Å². The first-order chi connectivity index (χ1) is 13.3. The molecule has 0 radical (unpaired) electrons. The quantitative estimate of drug-likeness (QED) is 0.313. The molecule has 0 amide bonds. The van der Waals surface area contributed by atoms with Gasteiger partial charge in [0.25, 0.3) is 0 Å². The molecule has 27 heavy (non-hydrogen) atoms. The third kappa shape index (κ3) is 1.80. The molecule has 1 aliphatic heterocycles. The van der Waals surface area contributed by atoms with E-state index in [9.17, 15) is 0 Å². The molecule has 0 bridgehead atoms. The molecule has 0 unspecified atom stereocenters. The lowest BCUT2D eigenvalue weighted by Gasteiger charge is -2.40. The van der Waals surface area contributed by atoms with Crippen LogP contribution in [0.3, 0.4) is 0 Å². The van der Waals surface area contributed by atoms with Crippen molar-refractivity contribution >= 4 is 23.0 Å². The SMILES string of the molecule is Clc1ccc2c(c1)Nc1ccccc1C21c2ccccc2-c2ccccc21. The Morgan fingerprint density at radius 1 is 0.556 bits per heavy atom. The number of rotatable bonds is 0. The summed E-state index contributed by atoms with van der Waals surface area (Å²) in [6, 6.07) is 32.4. The minimum absolute atomic E-state index is 0.324. The summed E-state index contributed by atoms with van der Waals surface area (Å²) in [5.74, 6) is 0. The summed E-state index contributed by atoms with van der Waals surface area (Å²) in [4.78, 5) is 0. The molecule has 6 rings (SSSR count). The standard InChI is InChI=1S/C25H16ClN/c26-16-13-14-22-24(15-16)27-23-12-6-5-11-21(23)25(22)19-9-3-1-7-17(19)18-8-2-4-10-20(18)25/h1-15,27H. The zero-order chi connectivity index (χ0) is 18.0. The van der Waals surface area contributed by atoms with Crippen molar-refractivity contribution in [2.75, 3.05) is 5.32 Å². The zero-order valence-corrected chi connectivity index (χ0v) is 15.3. The molecule has 2 aliphatic rings. The van der Waals surface area contributed by atoms with Crippen molar-refractivity contribution < 1.29 is 0 Å². The molecule has 0 saturated carbocycles. The highest BCUT2D eigenvalue weighted by molar-refractivity contribution is 6.31. The van der Waals surface area contributed by atoms with Gasteiger partial charge in [-0.3, -0.25) is 0 Å². The Morgan fingerprint density at radius 2 is 1.11 bits per heavy atom. The van der Waals surface area contributed by atoms with Crippen molar-refractivity contribution in [3.8, 4) is 11.1 Å². The lowest BCUT2D eigenvalue weighted by molar-refractivity contribution is 0.763. The Balaban J connectivity index is 1.85. The highest BCUT2D eigenvalue weighted by Crippen LogP contribution is 2.60. The molecule has 4 aromatic rings. The molecule has 1 nitrogen and oxygen atoms in total. The smallest absolute Gasteiger partial charge is 0.0753 e. The van der Waals surface area contributed by atoms with Gasteiger partial charge in [0.1, 0.15) is 0 Å². The van der Waals surface area contributed by atoms with E-state index in [1.54, 1.807) is 0 Å². The average Bonchev–Trinajstić information content (AvgIpc) is 3.00. The van der Waals surface area contributed by atoms with Crippen LogP contribution in [0.4, 0.5) is 11.4 Å². The summed E-state index contributed by atoms with van der Waals surface area (Å²) < 4.78 is 0. The van der Waals surface area contributed by atoms with Crippen molar-refractivity contribution in [3.05, 3.63) is 118 Å². The van der Waals surface area contributed by atoms with E-state index in [4.69, 9.17) is 11.6 Å². The van der Waals surface area contributed by atoms with E-state index < -0.39 is 0 Å². The third-order valence-electron chi connectivity index (χ3n) is 5.94. The van der Waals surface area contributed by atoms with Crippen LogP contribution in [0.5, 0.6) is 0 Å². The summed E-state index contributed by atoms with van der Waals surface area (Å²) in [5, 5.41) is 4.36. The van der Waals surface area contributed by atoms with Gasteiger partial charge >= 0.3 is 0 Å². The van der Waals surface area contributed by atoms with Gasteiger partial charge in [0, 0.05) is 16.4 Å². The number of anilines is 2. The molecule has 128 valence electrons. The highest BCUT2D eigenvalue weighted by atomic mass is 35.5. The topological polar surface area (TPSA) is 12.0 Å². The molecule has 0 saturated heterocycles. The van der Waals surface area contributed by atoms with Gasteiger partial charge in [0.05, 0.1) is 5.41 Å². The van der Waals surface area contributed by atoms with Gasteiger partial charge in [0.15, 0.2) is 0 Å². The lowest BCUT2D eigenvalue weighted by Crippen LogP contribution is -2.33. The Hall–Kier alpha value is -3.03. The van der Waals surface area contributed by atoms with Crippen LogP contribution in [0.1, 0.15) is 22.3 Å². The molecule has 1 heterocycles. The summed E-state index contributed by atoms with van der Waals surface area (Å²) in [5.41, 5.74) is 9.73. The van der Waals surface area contributed by atoms with Crippen LogP contribution in [0.2, 0.25) is 5.02 Å². The fraction of sp³-hybridized carbons (Fsp3) is 0.0400. The number of nitrogens with one attached hydrogen (secondary N) is 1. The molecular weight excluding hydrogens is 350 g/mol. The molecule has 1 N–H and O–H groups in total. The van der Waals surface area contributed by atoms with Crippen LogP contribution >= 0.6 is 11.6 Å². The number of benzene rings is 4. The Kier molecular flexibility index (Phi) is 2.93. The van der Waals surface area contributed by atoms with Gasteiger partial charge in [-0.2, -0.15) is 0 Å². The maximum atomic E-state index is 6.36. The van der Waals surface area contributed by atoms with Crippen molar-refractivity contribution in [2.24, 2.45) is 0 Å². The van der Waals surface area contributed by atoms with Gasteiger partial charge in [-0.05, 0) is 51.6 Å². The van der Waals surface area contributed by atoms with E-state index in [0.29, 0.717) is 0 Å². The van der Waals surface area contributed by atoms with E-state index in [-0.39, 0.29) is 5.41 Å². The normalized spacial score (nSPS) is 14.7. The Labute approximate surface area is 163 Å². The van der Waals surface area contributed by atoms with Crippen LogP contribution in [-0.2, 0) is 5.41 Å². The number of halogens is 1. The number of hydrogen-bond acceptors (Lipinski definition) is 1. The second-order valence-corrected chi connectivity index (χ2v) is 7.64. The highest BCUT2D eigenvalue weighted by Gasteiger charge is 2.49. The van der Waals surface area contributed by atoms with E-state index in [1.165, 1.54) is 33.4 Å². The molecule has 4 aromatic carbocycles. The Bertz CT molecular complexity index is 1180. The van der Waals surface area contributed by atoms with Gasteiger partial charge in [-0.15, -0.1) is 0 Å². The van der Waals surface area contributed by atoms with Crippen molar-refractivity contribution in [3.63, 3.8) is 0 Å². The molecule has 1 spiro atoms. The maximum Gasteiger partial charge on any atom is 0.0753 e. The second kappa shape index (κ2) is 5.25. The first-order valence-electron chi connectivity index (χ1n) is 9.16. The van der Waals surface area contributed by atoms with E-state index in [1.807, 2.05) is 12.1 Å². The zero-order valence-electron chi connectivity index (χ0n) is 14.5. The number of para-hydroxylation sites is 1. The van der Waals surface area contributed by atoms with Gasteiger partial charge < -0.3 is 5.32 Å². The molecule has 1 aliphatic carbocycles. The molecule has 0 aromatic heterocycles. The largest absolute Gasteiger partial charge is 0.355 e. The second-order valence-electron chi connectivity index (χ2n) is 7.20. The minimum Gasteiger partial charge on any atom is -0.355 e. The van der Waals surface area contributed by atoms with Crippen LogP contribution in [-0.4, -0.2) is 0 Å². The number of hydrogen-bond donors (Lipinski definition) is 1. The van der Waals surface area contributed by atoms with Gasteiger partial charge in [-0.25, -0.2) is 0 Å². The van der Waals surface area contributed by atoms with Crippen molar-refractivity contribution in [1.82, 2.24) is 0 Å². The molecular formula is C25H16ClN. The van der Waals surface area contributed by atoms with E-state index >= 15 is 0 Å². The summed E-state index contributed by atoms with van der Waals surface area (Å²) in [6.45, 7) is 0. The maximum absolute atomic E-state index is 6.36.